The number of nitrogens with two attached hydrogens (primary N) is 1. The highest BCUT2D eigenvalue weighted by atomic mass is 19.4. The van der Waals surface area contributed by atoms with Crippen molar-refractivity contribution < 1.29 is 22.6 Å². The van der Waals surface area contributed by atoms with E-state index in [9.17, 15) is 13.2 Å². The number of rotatable bonds is 8. The Morgan fingerprint density at radius 2 is 1.89 bits per heavy atom. The van der Waals surface area contributed by atoms with E-state index in [-0.39, 0.29) is 11.5 Å². The number of anilines is 2. The Bertz CT molecular complexity index is 1300. The number of aromatic nitrogens is 3. The second-order valence-electron chi connectivity index (χ2n) is 9.79. The van der Waals surface area contributed by atoms with Crippen LogP contribution < -0.4 is 20.5 Å². The lowest BCUT2D eigenvalue weighted by atomic mass is 10.1. The molecule has 0 spiro atoms. The third-order valence-electron chi connectivity index (χ3n) is 6.95. The minimum absolute atomic E-state index is 0.156. The zero-order valence-electron chi connectivity index (χ0n) is 21.1. The van der Waals surface area contributed by atoms with E-state index in [1.807, 2.05) is 6.07 Å². The van der Waals surface area contributed by atoms with Gasteiger partial charge < -0.3 is 20.5 Å². The van der Waals surface area contributed by atoms with Gasteiger partial charge in [-0.05, 0) is 64.3 Å². The predicted octanol–water partition coefficient (Wildman–Crippen LogP) is 5.12. The molecule has 3 heterocycles. The molecule has 11 heteroatoms. The molecule has 3 aromatic rings. The van der Waals surface area contributed by atoms with E-state index >= 15 is 0 Å². The number of aryl methyl sites for hydroxylation is 1. The van der Waals surface area contributed by atoms with E-state index in [1.54, 1.807) is 27.0 Å². The third kappa shape index (κ3) is 5.51. The van der Waals surface area contributed by atoms with Gasteiger partial charge in [0.05, 0.1) is 29.9 Å². The first-order valence-electron chi connectivity index (χ1n) is 12.5. The van der Waals surface area contributed by atoms with Crippen molar-refractivity contribution in [3.8, 4) is 11.5 Å². The fourth-order valence-corrected chi connectivity index (χ4v) is 4.98. The maximum Gasteiger partial charge on any atom is 0.416 e. The maximum atomic E-state index is 13.3. The Balaban J connectivity index is 1.44. The molecular formula is C26H31F3N6O2. The summed E-state index contributed by atoms with van der Waals surface area (Å²) in [5, 5.41) is 3.86. The molecule has 0 radical (unpaired) electrons. The van der Waals surface area contributed by atoms with Gasteiger partial charge >= 0.3 is 6.18 Å². The third-order valence-corrected chi connectivity index (χ3v) is 6.95. The zero-order valence-corrected chi connectivity index (χ0v) is 21.1. The number of alkyl halides is 3. The van der Waals surface area contributed by atoms with Gasteiger partial charge in [-0.3, -0.25) is 4.90 Å². The molecule has 1 aliphatic heterocycles. The monoisotopic (exact) mass is 516 g/mol. The summed E-state index contributed by atoms with van der Waals surface area (Å²) < 4.78 is 51.8. The van der Waals surface area contributed by atoms with E-state index in [2.05, 4.69) is 25.2 Å². The lowest BCUT2D eigenvalue weighted by Gasteiger charge is -2.24. The number of hydrogen-bond donors (Lipinski definition) is 2. The number of likely N-dealkylation sites (tertiary alicyclic amines) is 1. The fraction of sp³-hybridized carbons (Fsp3) is 0.500. The summed E-state index contributed by atoms with van der Waals surface area (Å²) in [6.45, 7) is 5.12. The molecule has 5 rings (SSSR count). The second kappa shape index (κ2) is 9.85. The van der Waals surface area contributed by atoms with Gasteiger partial charge in [0.25, 0.3) is 0 Å². The lowest BCUT2D eigenvalue weighted by molar-refractivity contribution is -0.137. The topological polar surface area (TPSA) is 98.4 Å². The Morgan fingerprint density at radius 3 is 2.59 bits per heavy atom. The van der Waals surface area contributed by atoms with Crippen molar-refractivity contribution in [1.29, 1.82) is 0 Å². The van der Waals surface area contributed by atoms with Crippen LogP contribution in [0.4, 0.5) is 24.8 Å². The lowest BCUT2D eigenvalue weighted by Crippen LogP contribution is -2.35. The van der Waals surface area contributed by atoms with Crippen molar-refractivity contribution in [2.24, 2.45) is 0 Å². The highest BCUT2D eigenvalue weighted by Gasteiger charge is 2.37. The Kier molecular flexibility index (Phi) is 6.74. The van der Waals surface area contributed by atoms with Crippen LogP contribution in [-0.4, -0.2) is 52.2 Å². The molecule has 0 amide bonds. The van der Waals surface area contributed by atoms with E-state index in [0.717, 1.165) is 25.1 Å². The molecule has 2 aromatic heterocycles. The van der Waals surface area contributed by atoms with Crippen LogP contribution >= 0.6 is 0 Å². The van der Waals surface area contributed by atoms with Crippen molar-refractivity contribution in [2.45, 2.75) is 63.8 Å². The Hall–Kier alpha value is -3.34. The van der Waals surface area contributed by atoms with Crippen LogP contribution in [0.1, 0.15) is 55.7 Å². The minimum atomic E-state index is -4.53. The molecule has 2 fully saturated rings. The second-order valence-corrected chi connectivity index (χ2v) is 9.79. The molecule has 2 aliphatic rings. The molecule has 1 aromatic carbocycles. The average molecular weight is 517 g/mol. The normalized spacial score (nSPS) is 19.2. The molecular weight excluding hydrogens is 485 g/mol. The van der Waals surface area contributed by atoms with E-state index in [4.69, 9.17) is 15.2 Å². The number of hydrogen-bond acceptors (Lipinski definition) is 8. The van der Waals surface area contributed by atoms with Gasteiger partial charge in [-0.2, -0.15) is 13.2 Å². The predicted molar refractivity (Wildman–Crippen MR) is 135 cm³/mol. The van der Waals surface area contributed by atoms with E-state index < -0.39 is 17.8 Å². The molecule has 8 nitrogen and oxygen atoms in total. The molecule has 2 atom stereocenters. The summed E-state index contributed by atoms with van der Waals surface area (Å²) in [5.74, 6) is 1.89. The molecule has 1 saturated heterocycles. The quantitative estimate of drug-likeness (QED) is 0.426. The largest absolute Gasteiger partial charge is 0.493 e. The number of pyridine rings is 1. The summed E-state index contributed by atoms with van der Waals surface area (Å²) >= 11 is 0. The molecule has 1 saturated carbocycles. The molecule has 3 N–H and O–H groups in total. The fourth-order valence-electron chi connectivity index (χ4n) is 4.98. The zero-order chi connectivity index (χ0) is 26.3. The van der Waals surface area contributed by atoms with Crippen LogP contribution in [-0.2, 0) is 6.18 Å². The van der Waals surface area contributed by atoms with Crippen molar-refractivity contribution in [3.05, 3.63) is 41.3 Å². The van der Waals surface area contributed by atoms with Gasteiger partial charge in [0.15, 0.2) is 11.5 Å². The SMILES string of the molecule is COc1cc2nc(C)nc(N[C@H](C)c3cc(C(F)(F)F)cc(N)n3)c2cc1OC[C@@H]1CCCN1C1CC1. The number of benzene rings is 1. The summed E-state index contributed by atoms with van der Waals surface area (Å²) in [5.41, 5.74) is 5.61. The molecule has 198 valence electrons. The van der Waals surface area contributed by atoms with Gasteiger partial charge in [-0.1, -0.05) is 0 Å². The first-order chi connectivity index (χ1) is 17.6. The smallest absolute Gasteiger partial charge is 0.416 e. The van der Waals surface area contributed by atoms with Crippen LogP contribution in [0.25, 0.3) is 10.9 Å². The highest BCUT2D eigenvalue weighted by molar-refractivity contribution is 5.92. The number of methoxy groups -OCH3 is 1. The van der Waals surface area contributed by atoms with Crippen LogP contribution in [0.3, 0.4) is 0 Å². The summed E-state index contributed by atoms with van der Waals surface area (Å²) in [6, 6.07) is 5.88. The maximum absolute atomic E-state index is 13.3. The van der Waals surface area contributed by atoms with Crippen molar-refractivity contribution in [3.63, 3.8) is 0 Å². The van der Waals surface area contributed by atoms with E-state index in [0.29, 0.717) is 52.7 Å². The summed E-state index contributed by atoms with van der Waals surface area (Å²) in [6.07, 6.45) is 0.262. The number of nitrogen functional groups attached to an aromatic ring is 1. The molecule has 37 heavy (non-hydrogen) atoms. The van der Waals surface area contributed by atoms with Gasteiger partial charge in [0, 0.05) is 23.5 Å². The first kappa shape index (κ1) is 25.3. The van der Waals surface area contributed by atoms with Crippen LogP contribution in [0.2, 0.25) is 0 Å². The number of nitrogens with one attached hydrogen (secondary N) is 1. The van der Waals surface area contributed by atoms with Gasteiger partial charge in [0.1, 0.15) is 24.1 Å². The molecule has 0 bridgehead atoms. The minimum Gasteiger partial charge on any atom is -0.493 e. The van der Waals surface area contributed by atoms with Gasteiger partial charge in [0.2, 0.25) is 0 Å². The number of nitrogens with zero attached hydrogens (tertiary/aromatic N) is 4. The van der Waals surface area contributed by atoms with Gasteiger partial charge in [-0.15, -0.1) is 0 Å². The number of ether oxygens (including phenoxy) is 2. The van der Waals surface area contributed by atoms with Crippen molar-refractivity contribution in [2.75, 3.05) is 31.3 Å². The van der Waals surface area contributed by atoms with Crippen LogP contribution in [0.5, 0.6) is 11.5 Å². The summed E-state index contributed by atoms with van der Waals surface area (Å²) in [7, 11) is 1.58. The highest BCUT2D eigenvalue weighted by Crippen LogP contribution is 2.38. The first-order valence-corrected chi connectivity index (χ1v) is 12.5. The number of halogens is 3. The van der Waals surface area contributed by atoms with Crippen molar-refractivity contribution >= 4 is 22.5 Å². The van der Waals surface area contributed by atoms with Crippen molar-refractivity contribution in [1.82, 2.24) is 19.9 Å². The standard InChI is InChI=1S/C26H31F3N6O2/c1-14(20-9-16(26(27,28)29)10-24(30)34-20)31-25-19-11-23(22(36-3)12-21(19)32-15(2)33-25)37-13-18-5-4-8-35(18)17-6-7-17/h9-12,14,17-18H,4-8,13H2,1-3H3,(H2,30,34)(H,31,32,33)/t14-,18+/m1/s1. The van der Waals surface area contributed by atoms with E-state index in [1.165, 1.54) is 19.3 Å². The Labute approximate surface area is 213 Å². The van der Waals surface area contributed by atoms with Crippen LogP contribution in [0, 0.1) is 6.92 Å². The summed E-state index contributed by atoms with van der Waals surface area (Å²) in [4.78, 5) is 15.7. The molecule has 1 aliphatic carbocycles. The van der Waals surface area contributed by atoms with Crippen LogP contribution in [0.15, 0.2) is 24.3 Å². The Morgan fingerprint density at radius 1 is 1.11 bits per heavy atom. The molecule has 0 unspecified atom stereocenters. The number of fused-ring (bicyclic) bond motifs is 1. The van der Waals surface area contributed by atoms with Gasteiger partial charge in [-0.25, -0.2) is 15.0 Å². The average Bonchev–Trinajstić information content (AvgIpc) is 3.58.